The Hall–Kier alpha value is -4.06. The molecule has 0 radical (unpaired) electrons. The van der Waals surface area contributed by atoms with Crippen molar-refractivity contribution in [3.8, 4) is 17.6 Å². The number of nitrogens with one attached hydrogen (secondary N) is 3. The van der Waals surface area contributed by atoms with E-state index in [1.54, 1.807) is 62.4 Å². The summed E-state index contributed by atoms with van der Waals surface area (Å²) in [6, 6.07) is 14.0. The van der Waals surface area contributed by atoms with E-state index in [-0.39, 0.29) is 12.5 Å². The third kappa shape index (κ3) is 7.32. The Bertz CT molecular complexity index is 965. The predicted octanol–water partition coefficient (Wildman–Crippen LogP) is 1.94. The lowest BCUT2D eigenvalue weighted by atomic mass is 10.0. The maximum atomic E-state index is 12.5. The van der Waals surface area contributed by atoms with Gasteiger partial charge in [0.25, 0.3) is 17.7 Å². The van der Waals surface area contributed by atoms with Gasteiger partial charge in [0.1, 0.15) is 17.5 Å². The first-order valence-corrected chi connectivity index (χ1v) is 10.1. The number of amides is 3. The van der Waals surface area contributed by atoms with Crippen LogP contribution < -0.4 is 25.6 Å². The van der Waals surface area contributed by atoms with Crippen molar-refractivity contribution < 1.29 is 23.9 Å². The molecule has 0 aromatic heterocycles. The molecule has 3 amide bonds. The Labute approximate surface area is 186 Å². The highest BCUT2D eigenvalue weighted by Crippen LogP contribution is 2.13. The Morgan fingerprint density at radius 1 is 0.938 bits per heavy atom. The van der Waals surface area contributed by atoms with E-state index in [0.717, 1.165) is 0 Å². The van der Waals surface area contributed by atoms with Crippen molar-refractivity contribution in [2.45, 2.75) is 26.8 Å². The van der Waals surface area contributed by atoms with Gasteiger partial charge in [-0.25, -0.2) is 0 Å². The monoisotopic (exact) mass is 438 g/mol. The molecule has 0 spiro atoms. The first-order valence-electron chi connectivity index (χ1n) is 10.1. The van der Waals surface area contributed by atoms with Gasteiger partial charge in [0.15, 0.2) is 6.61 Å². The molecule has 2 aromatic carbocycles. The van der Waals surface area contributed by atoms with E-state index in [2.05, 4.69) is 16.2 Å². The summed E-state index contributed by atoms with van der Waals surface area (Å²) in [6.07, 6.45) is 0. The number of carbonyl (C=O) groups is 3. The molecule has 2 aromatic rings. The highest BCUT2D eigenvalue weighted by atomic mass is 16.5. The minimum Gasteiger partial charge on any atom is -0.494 e. The van der Waals surface area contributed by atoms with Crippen molar-refractivity contribution in [2.24, 2.45) is 5.92 Å². The van der Waals surface area contributed by atoms with Gasteiger partial charge in [-0.3, -0.25) is 25.2 Å². The first kappa shape index (κ1) is 24.2. The van der Waals surface area contributed by atoms with E-state index >= 15 is 0 Å². The number of rotatable bonds is 9. The van der Waals surface area contributed by atoms with Gasteiger partial charge in [-0.05, 0) is 61.4 Å². The fourth-order valence-electron chi connectivity index (χ4n) is 2.65. The van der Waals surface area contributed by atoms with E-state index in [0.29, 0.717) is 29.2 Å². The van der Waals surface area contributed by atoms with E-state index in [4.69, 9.17) is 14.7 Å². The molecule has 2 rings (SSSR count). The average molecular weight is 438 g/mol. The molecule has 0 aliphatic carbocycles. The van der Waals surface area contributed by atoms with Crippen molar-refractivity contribution in [3.05, 3.63) is 59.7 Å². The molecule has 168 valence electrons. The fourth-order valence-corrected chi connectivity index (χ4v) is 2.65. The van der Waals surface area contributed by atoms with Gasteiger partial charge in [-0.2, -0.15) is 5.26 Å². The van der Waals surface area contributed by atoms with E-state index in [9.17, 15) is 14.4 Å². The molecule has 1 unspecified atom stereocenters. The molecule has 0 fully saturated rings. The standard InChI is InChI=1S/C23H26N4O5/c1-4-31-18-11-7-17(8-12-18)22(29)25-21(15(2)3)23(30)27-26-20(28)14-32-19-9-5-16(13-24)6-10-19/h5-12,15,21H,4,14H2,1-3H3,(H,25,29)(H,26,28)(H,27,30). The topological polar surface area (TPSA) is 130 Å². The zero-order valence-electron chi connectivity index (χ0n) is 18.2. The van der Waals surface area contributed by atoms with Crippen LogP contribution >= 0.6 is 0 Å². The lowest BCUT2D eigenvalue weighted by Crippen LogP contribution is -2.54. The summed E-state index contributed by atoms with van der Waals surface area (Å²) in [5.74, 6) is -0.735. The Kier molecular flexibility index (Phi) is 9.05. The maximum absolute atomic E-state index is 12.5. The third-order valence-corrected chi connectivity index (χ3v) is 4.34. The molecule has 0 saturated carbocycles. The second-order valence-electron chi connectivity index (χ2n) is 7.11. The van der Waals surface area contributed by atoms with Gasteiger partial charge in [-0.1, -0.05) is 13.8 Å². The number of nitrogens with zero attached hydrogens (tertiary/aromatic N) is 1. The van der Waals surface area contributed by atoms with E-state index < -0.39 is 23.8 Å². The van der Waals surface area contributed by atoms with Crippen LogP contribution in [-0.2, 0) is 9.59 Å². The molecule has 0 saturated heterocycles. The van der Waals surface area contributed by atoms with Crippen molar-refractivity contribution in [1.29, 1.82) is 5.26 Å². The van der Waals surface area contributed by atoms with Crippen molar-refractivity contribution in [2.75, 3.05) is 13.2 Å². The summed E-state index contributed by atoms with van der Waals surface area (Å²) in [4.78, 5) is 37.0. The van der Waals surface area contributed by atoms with Crippen LogP contribution in [0.5, 0.6) is 11.5 Å². The number of hydrogen-bond acceptors (Lipinski definition) is 6. The maximum Gasteiger partial charge on any atom is 0.276 e. The Balaban J connectivity index is 1.85. The normalized spacial score (nSPS) is 11.1. The molecular weight excluding hydrogens is 412 g/mol. The predicted molar refractivity (Wildman–Crippen MR) is 117 cm³/mol. The second-order valence-corrected chi connectivity index (χ2v) is 7.11. The molecule has 9 nitrogen and oxygen atoms in total. The average Bonchev–Trinajstić information content (AvgIpc) is 2.80. The number of hydrogen-bond donors (Lipinski definition) is 3. The van der Waals surface area contributed by atoms with Crippen LogP contribution in [0, 0.1) is 17.2 Å². The summed E-state index contributed by atoms with van der Waals surface area (Å²) < 4.78 is 10.7. The van der Waals surface area contributed by atoms with Crippen molar-refractivity contribution in [1.82, 2.24) is 16.2 Å². The quantitative estimate of drug-likeness (QED) is 0.513. The van der Waals surface area contributed by atoms with Crippen LogP contribution in [0.25, 0.3) is 0 Å². The fraction of sp³-hybridized carbons (Fsp3) is 0.304. The van der Waals surface area contributed by atoms with Gasteiger partial charge in [0.2, 0.25) is 0 Å². The zero-order valence-corrected chi connectivity index (χ0v) is 18.2. The lowest BCUT2D eigenvalue weighted by molar-refractivity contribution is -0.131. The largest absolute Gasteiger partial charge is 0.494 e. The van der Waals surface area contributed by atoms with Crippen LogP contribution in [0.1, 0.15) is 36.7 Å². The number of ether oxygens (including phenoxy) is 2. The van der Waals surface area contributed by atoms with Crippen LogP contribution in [0.2, 0.25) is 0 Å². The first-order chi connectivity index (χ1) is 15.3. The summed E-state index contributed by atoms with van der Waals surface area (Å²) >= 11 is 0. The van der Waals surface area contributed by atoms with Gasteiger partial charge < -0.3 is 14.8 Å². The highest BCUT2D eigenvalue weighted by molar-refractivity contribution is 5.98. The van der Waals surface area contributed by atoms with Crippen LogP contribution in [0.15, 0.2) is 48.5 Å². The number of nitriles is 1. The van der Waals surface area contributed by atoms with Crippen LogP contribution in [0.4, 0.5) is 0 Å². The number of carbonyl (C=O) groups excluding carboxylic acids is 3. The molecule has 32 heavy (non-hydrogen) atoms. The smallest absolute Gasteiger partial charge is 0.276 e. The Morgan fingerprint density at radius 3 is 2.09 bits per heavy atom. The number of benzene rings is 2. The van der Waals surface area contributed by atoms with Crippen LogP contribution in [-0.4, -0.2) is 37.0 Å². The third-order valence-electron chi connectivity index (χ3n) is 4.34. The highest BCUT2D eigenvalue weighted by Gasteiger charge is 2.25. The van der Waals surface area contributed by atoms with Gasteiger partial charge >= 0.3 is 0 Å². The molecule has 1 atom stereocenters. The summed E-state index contributed by atoms with van der Waals surface area (Å²) in [6.45, 7) is 5.60. The van der Waals surface area contributed by atoms with Gasteiger partial charge in [0, 0.05) is 5.56 Å². The van der Waals surface area contributed by atoms with Crippen LogP contribution in [0.3, 0.4) is 0 Å². The van der Waals surface area contributed by atoms with Gasteiger partial charge in [0.05, 0.1) is 18.2 Å². The molecular formula is C23H26N4O5. The number of hydrazine groups is 1. The molecule has 0 bridgehead atoms. The molecule has 0 aliphatic rings. The SMILES string of the molecule is CCOc1ccc(C(=O)NC(C(=O)NNC(=O)COc2ccc(C#N)cc2)C(C)C)cc1. The van der Waals surface area contributed by atoms with E-state index in [1.807, 2.05) is 13.0 Å². The van der Waals surface area contributed by atoms with E-state index in [1.165, 1.54) is 0 Å². The van der Waals surface area contributed by atoms with Crippen molar-refractivity contribution in [3.63, 3.8) is 0 Å². The second kappa shape index (κ2) is 12.0. The van der Waals surface area contributed by atoms with Gasteiger partial charge in [-0.15, -0.1) is 0 Å². The van der Waals surface area contributed by atoms with Crippen molar-refractivity contribution >= 4 is 17.7 Å². The summed E-state index contributed by atoms with van der Waals surface area (Å²) in [7, 11) is 0. The molecule has 0 heterocycles. The lowest BCUT2D eigenvalue weighted by Gasteiger charge is -2.22. The molecule has 3 N–H and O–H groups in total. The zero-order chi connectivity index (χ0) is 23.5. The summed E-state index contributed by atoms with van der Waals surface area (Å²) in [5.41, 5.74) is 5.42. The molecule has 9 heteroatoms. The minimum atomic E-state index is -0.867. The molecule has 0 aliphatic heterocycles. The summed E-state index contributed by atoms with van der Waals surface area (Å²) in [5, 5.41) is 11.5. The Morgan fingerprint density at radius 2 is 1.53 bits per heavy atom. The minimum absolute atomic E-state index is 0.228.